The first kappa shape index (κ1) is 20.4. The number of ether oxygens (including phenoxy) is 3. The number of benzene rings is 3. The highest BCUT2D eigenvalue weighted by atomic mass is 16.6. The van der Waals surface area contributed by atoms with Gasteiger partial charge in [-0.2, -0.15) is 20.5 Å². The van der Waals surface area contributed by atoms with Gasteiger partial charge in [0.1, 0.15) is 30.8 Å². The standard InChI is InChI=1S/C23H20N4O4/c28-13-14-29-21-9-5-19(6-10-21)26-24-17-1-3-18(4-2-17)25-27-20-7-11-22(12-8-20)30-15-23-16-31-23/h1-13,23H,14-16H2/b26-24+,27-25+. The topological polar surface area (TPSA) is 97.5 Å². The predicted molar refractivity (Wildman–Crippen MR) is 114 cm³/mol. The molecule has 1 fully saturated rings. The van der Waals surface area contributed by atoms with Crippen molar-refractivity contribution in [3.05, 3.63) is 72.8 Å². The van der Waals surface area contributed by atoms with Crippen molar-refractivity contribution in [3.63, 3.8) is 0 Å². The molecule has 1 aliphatic rings. The largest absolute Gasteiger partial charge is 0.491 e. The number of rotatable bonds is 10. The third kappa shape index (κ3) is 6.55. The second kappa shape index (κ2) is 10.2. The van der Waals surface area contributed by atoms with E-state index in [1.807, 2.05) is 48.5 Å². The summed E-state index contributed by atoms with van der Waals surface area (Å²) < 4.78 is 15.9. The molecular formula is C23H20N4O4. The average molecular weight is 416 g/mol. The number of aldehydes is 1. The Morgan fingerprint density at radius 3 is 1.48 bits per heavy atom. The Labute approximate surface area is 179 Å². The summed E-state index contributed by atoms with van der Waals surface area (Å²) in [5.74, 6) is 1.39. The summed E-state index contributed by atoms with van der Waals surface area (Å²) in [6.45, 7) is 1.38. The SMILES string of the molecule is O=CCOc1ccc(/N=N/c2ccc(/N=N/c3ccc(OCC4CO4)cc3)cc2)cc1. The Morgan fingerprint density at radius 1 is 0.710 bits per heavy atom. The lowest BCUT2D eigenvalue weighted by Crippen LogP contribution is -2.03. The van der Waals surface area contributed by atoms with Gasteiger partial charge in [-0.05, 0) is 72.8 Å². The molecule has 3 aromatic carbocycles. The van der Waals surface area contributed by atoms with Gasteiger partial charge in [0.15, 0.2) is 6.29 Å². The number of hydrogen-bond donors (Lipinski definition) is 0. The van der Waals surface area contributed by atoms with Crippen molar-refractivity contribution < 1.29 is 19.0 Å². The van der Waals surface area contributed by atoms with Crippen LogP contribution in [0.3, 0.4) is 0 Å². The van der Waals surface area contributed by atoms with Crippen molar-refractivity contribution in [1.29, 1.82) is 0 Å². The molecule has 1 saturated heterocycles. The fraction of sp³-hybridized carbons (Fsp3) is 0.174. The Kier molecular flexibility index (Phi) is 6.71. The van der Waals surface area contributed by atoms with E-state index in [2.05, 4.69) is 20.5 Å². The predicted octanol–water partition coefficient (Wildman–Crippen LogP) is 5.87. The van der Waals surface area contributed by atoms with Crippen LogP contribution in [-0.4, -0.2) is 32.2 Å². The average Bonchev–Trinajstić information content (AvgIpc) is 3.65. The van der Waals surface area contributed by atoms with Gasteiger partial charge < -0.3 is 14.2 Å². The summed E-state index contributed by atoms with van der Waals surface area (Å²) in [6.07, 6.45) is 0.935. The van der Waals surface area contributed by atoms with Crippen LogP contribution in [0, 0.1) is 0 Å². The highest BCUT2D eigenvalue weighted by Crippen LogP contribution is 2.25. The van der Waals surface area contributed by atoms with Gasteiger partial charge >= 0.3 is 0 Å². The zero-order chi connectivity index (χ0) is 21.3. The van der Waals surface area contributed by atoms with E-state index >= 15 is 0 Å². The van der Waals surface area contributed by atoms with E-state index in [-0.39, 0.29) is 12.7 Å². The van der Waals surface area contributed by atoms with Gasteiger partial charge in [0.25, 0.3) is 0 Å². The van der Waals surface area contributed by atoms with Crippen LogP contribution in [0.4, 0.5) is 22.7 Å². The summed E-state index contributed by atoms with van der Waals surface area (Å²) in [5, 5.41) is 16.9. The van der Waals surface area contributed by atoms with E-state index in [1.54, 1.807) is 24.3 Å². The molecule has 0 N–H and O–H groups in total. The fourth-order valence-corrected chi connectivity index (χ4v) is 2.52. The van der Waals surface area contributed by atoms with E-state index in [9.17, 15) is 4.79 Å². The van der Waals surface area contributed by atoms with Crippen molar-refractivity contribution in [2.75, 3.05) is 19.8 Å². The summed E-state index contributed by atoms with van der Waals surface area (Å²) in [7, 11) is 0. The maximum Gasteiger partial charge on any atom is 0.157 e. The van der Waals surface area contributed by atoms with Crippen LogP contribution >= 0.6 is 0 Å². The Hall–Kier alpha value is -3.91. The minimum Gasteiger partial charge on any atom is -0.491 e. The van der Waals surface area contributed by atoms with E-state index in [4.69, 9.17) is 14.2 Å². The maximum absolute atomic E-state index is 10.3. The third-order valence-corrected chi connectivity index (χ3v) is 4.24. The molecule has 3 aromatic rings. The molecule has 0 amide bonds. The van der Waals surface area contributed by atoms with E-state index in [1.165, 1.54) is 0 Å². The fourth-order valence-electron chi connectivity index (χ4n) is 2.52. The Morgan fingerprint density at radius 2 is 1.10 bits per heavy atom. The quantitative estimate of drug-likeness (QED) is 0.234. The first-order valence-corrected chi connectivity index (χ1v) is 9.73. The third-order valence-electron chi connectivity index (χ3n) is 4.24. The summed E-state index contributed by atoms with van der Waals surface area (Å²) in [5.41, 5.74) is 2.82. The molecule has 8 nitrogen and oxygen atoms in total. The van der Waals surface area contributed by atoms with Crippen LogP contribution in [0.25, 0.3) is 0 Å². The molecule has 1 atom stereocenters. The number of nitrogens with zero attached hydrogens (tertiary/aromatic N) is 4. The van der Waals surface area contributed by atoms with Gasteiger partial charge in [-0.15, -0.1) is 0 Å². The number of hydrogen-bond acceptors (Lipinski definition) is 8. The number of carbonyl (C=O) groups is 1. The van der Waals surface area contributed by atoms with Gasteiger partial charge in [-0.25, -0.2) is 0 Å². The lowest BCUT2D eigenvalue weighted by Gasteiger charge is -2.03. The van der Waals surface area contributed by atoms with Crippen LogP contribution in [0.5, 0.6) is 11.5 Å². The molecule has 0 spiro atoms. The molecule has 1 heterocycles. The minimum absolute atomic E-state index is 0.0283. The second-order valence-electron chi connectivity index (χ2n) is 6.65. The van der Waals surface area contributed by atoms with Gasteiger partial charge in [0.05, 0.1) is 29.4 Å². The number of azo groups is 2. The van der Waals surface area contributed by atoms with E-state index in [0.717, 1.165) is 18.0 Å². The molecule has 8 heteroatoms. The van der Waals surface area contributed by atoms with E-state index < -0.39 is 0 Å². The minimum atomic E-state index is 0.0283. The molecule has 0 aliphatic carbocycles. The highest BCUT2D eigenvalue weighted by Gasteiger charge is 2.22. The van der Waals surface area contributed by atoms with Crippen LogP contribution in [0.15, 0.2) is 93.3 Å². The zero-order valence-corrected chi connectivity index (χ0v) is 16.6. The van der Waals surface area contributed by atoms with Crippen molar-refractivity contribution in [1.82, 2.24) is 0 Å². The van der Waals surface area contributed by atoms with Crippen molar-refractivity contribution in [3.8, 4) is 11.5 Å². The van der Waals surface area contributed by atoms with E-state index in [0.29, 0.717) is 35.7 Å². The molecule has 0 radical (unpaired) electrons. The number of carbonyl (C=O) groups excluding carboxylic acids is 1. The maximum atomic E-state index is 10.3. The lowest BCUT2D eigenvalue weighted by atomic mass is 10.3. The van der Waals surface area contributed by atoms with Crippen molar-refractivity contribution in [2.45, 2.75) is 6.10 Å². The summed E-state index contributed by atoms with van der Waals surface area (Å²) in [6, 6.07) is 21.7. The molecule has 0 aromatic heterocycles. The van der Waals surface area contributed by atoms with Crippen LogP contribution in [-0.2, 0) is 9.53 Å². The molecule has 156 valence electrons. The first-order chi connectivity index (χ1) is 15.3. The Balaban J connectivity index is 1.30. The van der Waals surface area contributed by atoms with Crippen LogP contribution in [0.1, 0.15) is 0 Å². The van der Waals surface area contributed by atoms with Gasteiger partial charge in [-0.3, -0.25) is 4.79 Å². The summed E-state index contributed by atoms with van der Waals surface area (Å²) >= 11 is 0. The van der Waals surface area contributed by atoms with Gasteiger partial charge in [-0.1, -0.05) is 0 Å². The normalized spacial score (nSPS) is 15.3. The highest BCUT2D eigenvalue weighted by molar-refractivity contribution is 5.52. The smallest absolute Gasteiger partial charge is 0.157 e. The monoisotopic (exact) mass is 416 g/mol. The molecule has 0 bridgehead atoms. The molecule has 31 heavy (non-hydrogen) atoms. The molecule has 1 unspecified atom stereocenters. The molecule has 1 aliphatic heterocycles. The van der Waals surface area contributed by atoms with Crippen molar-refractivity contribution in [2.24, 2.45) is 20.5 Å². The molecule has 4 rings (SSSR count). The van der Waals surface area contributed by atoms with Crippen LogP contribution in [0.2, 0.25) is 0 Å². The lowest BCUT2D eigenvalue weighted by molar-refractivity contribution is -0.109. The van der Waals surface area contributed by atoms with Crippen molar-refractivity contribution >= 4 is 29.0 Å². The van der Waals surface area contributed by atoms with Gasteiger partial charge in [0, 0.05) is 0 Å². The zero-order valence-electron chi connectivity index (χ0n) is 16.6. The second-order valence-corrected chi connectivity index (χ2v) is 6.65. The van der Waals surface area contributed by atoms with Crippen LogP contribution < -0.4 is 9.47 Å². The molecular weight excluding hydrogens is 396 g/mol. The van der Waals surface area contributed by atoms with Gasteiger partial charge in [0.2, 0.25) is 0 Å². The first-order valence-electron chi connectivity index (χ1n) is 9.73. The molecule has 0 saturated carbocycles. The Bertz CT molecular complexity index is 1040. The number of epoxide rings is 1. The summed E-state index contributed by atoms with van der Waals surface area (Å²) in [4.78, 5) is 10.3.